The molecule has 3 atom stereocenters. The highest BCUT2D eigenvalue weighted by Gasteiger charge is 2.33. The van der Waals surface area contributed by atoms with E-state index in [4.69, 9.17) is 0 Å². The maximum atomic E-state index is 13.3. The number of nitrogens with zero attached hydrogens (tertiary/aromatic N) is 1. The molecule has 1 heterocycles. The van der Waals surface area contributed by atoms with Gasteiger partial charge in [-0.2, -0.15) is 0 Å². The Kier molecular flexibility index (Phi) is 7.30. The summed E-state index contributed by atoms with van der Waals surface area (Å²) in [5.41, 5.74) is 1.18. The van der Waals surface area contributed by atoms with Gasteiger partial charge in [-0.15, -0.1) is 0 Å². The van der Waals surface area contributed by atoms with Crippen LogP contribution in [-0.4, -0.2) is 40.6 Å². The summed E-state index contributed by atoms with van der Waals surface area (Å²) in [6.45, 7) is 0.550. The van der Waals surface area contributed by atoms with Crippen molar-refractivity contribution in [1.82, 2.24) is 15.6 Å². The highest BCUT2D eigenvalue weighted by Crippen LogP contribution is 2.25. The maximum absolute atomic E-state index is 13.3. The lowest BCUT2D eigenvalue weighted by atomic mass is 9.83. The summed E-state index contributed by atoms with van der Waals surface area (Å²) in [6, 6.07) is 10.6. The Hall–Kier alpha value is -2.80. The van der Waals surface area contributed by atoms with E-state index in [1.807, 2.05) is 18.2 Å². The topological polar surface area (TPSA) is 91.3 Å². The molecule has 0 saturated heterocycles. The van der Waals surface area contributed by atoms with Crippen molar-refractivity contribution in [2.75, 3.05) is 6.54 Å². The number of carbonyl (C=O) groups excluding carboxylic acids is 2. The third-order valence-corrected chi connectivity index (χ3v) is 5.22. The molecule has 1 aromatic heterocycles. The van der Waals surface area contributed by atoms with E-state index < -0.39 is 23.9 Å². The zero-order chi connectivity index (χ0) is 20.6. The molecule has 0 aliphatic heterocycles. The zero-order valence-electron chi connectivity index (χ0n) is 16.2. The summed E-state index contributed by atoms with van der Waals surface area (Å²) >= 11 is 0. The van der Waals surface area contributed by atoms with Crippen LogP contribution in [0.15, 0.2) is 48.7 Å². The number of aliphatic hydroxyl groups is 1. The van der Waals surface area contributed by atoms with Gasteiger partial charge in [0.1, 0.15) is 5.82 Å². The number of aromatic nitrogens is 1. The molecule has 0 radical (unpaired) electrons. The van der Waals surface area contributed by atoms with Crippen molar-refractivity contribution >= 4 is 11.8 Å². The lowest BCUT2D eigenvalue weighted by molar-refractivity contribution is -0.127. The average molecular weight is 399 g/mol. The molecule has 1 aromatic carbocycles. The molecule has 2 aromatic rings. The largest absolute Gasteiger partial charge is 0.391 e. The van der Waals surface area contributed by atoms with Gasteiger partial charge < -0.3 is 15.7 Å². The standard InChI is InChI=1S/C22H26FN3O3/c23-17-6-3-5-15(13-17)22(29)26-19-14-16(9-10-20(19)27)21(28)25-12-4-8-18-7-1-2-11-24-18/h1-3,5-7,11,13,16,19-20,27H,4,8-10,12,14H2,(H,25,28)(H,26,29)/t16-,19+,20+/m0/s1. The third kappa shape index (κ3) is 6.09. The van der Waals surface area contributed by atoms with Crippen molar-refractivity contribution in [2.45, 2.75) is 44.2 Å². The van der Waals surface area contributed by atoms with E-state index >= 15 is 0 Å². The highest BCUT2D eigenvalue weighted by atomic mass is 19.1. The van der Waals surface area contributed by atoms with Crippen molar-refractivity contribution in [3.63, 3.8) is 0 Å². The Morgan fingerprint density at radius 1 is 1.17 bits per heavy atom. The first-order valence-corrected chi connectivity index (χ1v) is 9.95. The van der Waals surface area contributed by atoms with Gasteiger partial charge in [-0.1, -0.05) is 12.1 Å². The number of hydrogen-bond donors (Lipinski definition) is 3. The minimum absolute atomic E-state index is 0.0667. The van der Waals surface area contributed by atoms with E-state index in [1.54, 1.807) is 6.20 Å². The maximum Gasteiger partial charge on any atom is 0.251 e. The van der Waals surface area contributed by atoms with Crippen LogP contribution in [0, 0.1) is 11.7 Å². The van der Waals surface area contributed by atoms with Crippen LogP contribution in [-0.2, 0) is 11.2 Å². The number of aryl methyl sites for hydroxylation is 1. The first-order chi connectivity index (χ1) is 14.0. The minimum atomic E-state index is -0.722. The van der Waals surface area contributed by atoms with E-state index in [0.29, 0.717) is 25.8 Å². The molecule has 1 fully saturated rings. The van der Waals surface area contributed by atoms with Gasteiger partial charge >= 0.3 is 0 Å². The molecule has 1 aliphatic carbocycles. The summed E-state index contributed by atoms with van der Waals surface area (Å²) in [5, 5.41) is 15.9. The van der Waals surface area contributed by atoms with Crippen molar-refractivity contribution in [1.29, 1.82) is 0 Å². The lowest BCUT2D eigenvalue weighted by Gasteiger charge is -2.33. The molecule has 1 saturated carbocycles. The van der Waals surface area contributed by atoms with Gasteiger partial charge in [0, 0.05) is 29.9 Å². The molecular weight excluding hydrogens is 373 g/mol. The van der Waals surface area contributed by atoms with Crippen LogP contribution < -0.4 is 10.6 Å². The molecule has 6 nitrogen and oxygen atoms in total. The van der Waals surface area contributed by atoms with Gasteiger partial charge in [-0.3, -0.25) is 14.6 Å². The Labute approximate surface area is 169 Å². The molecule has 3 rings (SSSR count). The zero-order valence-corrected chi connectivity index (χ0v) is 16.2. The predicted octanol–water partition coefficient (Wildman–Crippen LogP) is 2.23. The average Bonchev–Trinajstić information content (AvgIpc) is 2.73. The molecule has 2 amide bonds. The molecule has 7 heteroatoms. The van der Waals surface area contributed by atoms with E-state index in [0.717, 1.165) is 24.6 Å². The van der Waals surface area contributed by atoms with Gasteiger partial charge in [0.15, 0.2) is 0 Å². The van der Waals surface area contributed by atoms with Crippen molar-refractivity contribution in [3.8, 4) is 0 Å². The monoisotopic (exact) mass is 399 g/mol. The SMILES string of the molecule is O=C(N[C@@H]1C[C@@H](C(=O)NCCCc2ccccn2)CC[C@H]1O)c1cccc(F)c1. The van der Waals surface area contributed by atoms with E-state index in [2.05, 4.69) is 15.6 Å². The summed E-state index contributed by atoms with van der Waals surface area (Å²) in [6.07, 6.45) is 3.96. The van der Waals surface area contributed by atoms with Crippen LogP contribution in [0.2, 0.25) is 0 Å². The second kappa shape index (κ2) is 10.1. The Morgan fingerprint density at radius 2 is 2.03 bits per heavy atom. The van der Waals surface area contributed by atoms with Crippen molar-refractivity contribution < 1.29 is 19.1 Å². The van der Waals surface area contributed by atoms with Gasteiger partial charge in [0.2, 0.25) is 5.91 Å². The highest BCUT2D eigenvalue weighted by molar-refractivity contribution is 5.94. The summed E-state index contributed by atoms with van der Waals surface area (Å²) in [4.78, 5) is 29.1. The number of carbonyl (C=O) groups is 2. The second-order valence-electron chi connectivity index (χ2n) is 7.38. The molecular formula is C22H26FN3O3. The van der Waals surface area contributed by atoms with Gasteiger partial charge in [-0.05, 0) is 62.4 Å². The number of rotatable bonds is 7. The normalized spacial score (nSPS) is 21.4. The Balaban J connectivity index is 1.46. The van der Waals surface area contributed by atoms with Crippen LogP contribution in [0.25, 0.3) is 0 Å². The van der Waals surface area contributed by atoms with Crippen LogP contribution >= 0.6 is 0 Å². The quantitative estimate of drug-likeness (QED) is 0.623. The van der Waals surface area contributed by atoms with Crippen molar-refractivity contribution in [2.24, 2.45) is 5.92 Å². The molecule has 1 aliphatic rings. The molecule has 29 heavy (non-hydrogen) atoms. The molecule has 0 spiro atoms. The fourth-order valence-electron chi connectivity index (χ4n) is 3.60. The third-order valence-electron chi connectivity index (χ3n) is 5.22. The second-order valence-corrected chi connectivity index (χ2v) is 7.38. The van der Waals surface area contributed by atoms with Crippen LogP contribution in [0.1, 0.15) is 41.7 Å². The number of nitrogens with one attached hydrogen (secondary N) is 2. The first kappa shape index (κ1) is 20.9. The van der Waals surface area contributed by atoms with E-state index in [-0.39, 0.29) is 17.4 Å². The van der Waals surface area contributed by atoms with Crippen LogP contribution in [0.3, 0.4) is 0 Å². The van der Waals surface area contributed by atoms with Gasteiger partial charge in [0.25, 0.3) is 5.91 Å². The number of halogens is 1. The van der Waals surface area contributed by atoms with Crippen LogP contribution in [0.4, 0.5) is 4.39 Å². The Morgan fingerprint density at radius 3 is 2.79 bits per heavy atom. The van der Waals surface area contributed by atoms with E-state index in [9.17, 15) is 19.1 Å². The number of aliphatic hydroxyl groups excluding tert-OH is 1. The number of amides is 2. The number of benzene rings is 1. The Bertz CT molecular complexity index is 831. The molecule has 3 N–H and O–H groups in total. The van der Waals surface area contributed by atoms with Gasteiger partial charge in [0.05, 0.1) is 12.1 Å². The van der Waals surface area contributed by atoms with Crippen molar-refractivity contribution in [3.05, 3.63) is 65.7 Å². The van der Waals surface area contributed by atoms with Crippen LogP contribution in [0.5, 0.6) is 0 Å². The fourth-order valence-corrected chi connectivity index (χ4v) is 3.60. The predicted molar refractivity (Wildman–Crippen MR) is 107 cm³/mol. The summed E-state index contributed by atoms with van der Waals surface area (Å²) < 4.78 is 13.3. The summed E-state index contributed by atoms with van der Waals surface area (Å²) in [5.74, 6) is -1.29. The molecule has 0 unspecified atom stereocenters. The number of hydrogen-bond acceptors (Lipinski definition) is 4. The smallest absolute Gasteiger partial charge is 0.251 e. The summed E-state index contributed by atoms with van der Waals surface area (Å²) in [7, 11) is 0. The van der Waals surface area contributed by atoms with E-state index in [1.165, 1.54) is 18.2 Å². The van der Waals surface area contributed by atoms with Gasteiger partial charge in [-0.25, -0.2) is 4.39 Å². The molecule has 0 bridgehead atoms. The minimum Gasteiger partial charge on any atom is -0.391 e. The number of pyridine rings is 1. The first-order valence-electron chi connectivity index (χ1n) is 9.95. The fraction of sp³-hybridized carbons (Fsp3) is 0.409. The lowest BCUT2D eigenvalue weighted by Crippen LogP contribution is -2.49. The molecule has 154 valence electrons.